The fraction of sp³-hybridized carbons (Fsp3) is 0.125. The van der Waals surface area contributed by atoms with Gasteiger partial charge in [-0.3, -0.25) is 9.80 Å². The summed E-state index contributed by atoms with van der Waals surface area (Å²) >= 11 is 0. The Hall–Kier alpha value is -4.13. The third-order valence-electron chi connectivity index (χ3n) is 5.05. The average molecular weight is 413 g/mol. The third kappa shape index (κ3) is 4.90. The molecule has 1 heterocycles. The van der Waals surface area contributed by atoms with Crippen LogP contribution in [0.25, 0.3) is 0 Å². The highest BCUT2D eigenvalue weighted by atomic mass is 16.2. The zero-order valence-corrected chi connectivity index (χ0v) is 16.9. The first-order chi connectivity index (χ1) is 15.1. The number of amides is 3. The number of carbonyl (C=O) groups is 2. The summed E-state index contributed by atoms with van der Waals surface area (Å²) in [7, 11) is 0. The summed E-state index contributed by atoms with van der Waals surface area (Å²) in [5.74, 6) is -0.196. The molecule has 1 aliphatic rings. The predicted molar refractivity (Wildman–Crippen MR) is 122 cm³/mol. The normalized spacial score (nSPS) is 15.3. The van der Waals surface area contributed by atoms with Crippen molar-refractivity contribution in [2.75, 3.05) is 10.3 Å². The summed E-state index contributed by atoms with van der Waals surface area (Å²) in [6.07, 6.45) is 0.520. The summed E-state index contributed by atoms with van der Waals surface area (Å²) < 4.78 is 0. The van der Waals surface area contributed by atoms with Crippen LogP contribution in [-0.4, -0.2) is 17.6 Å². The van der Waals surface area contributed by atoms with Crippen molar-refractivity contribution in [1.29, 1.82) is 0 Å². The SMILES string of the molecule is NC(=O)Nc1ccc(CNC(=O)C2=NN(c3ccccc3)C(c3ccccc3)C2)cc1. The minimum atomic E-state index is -0.615. The second-order valence-corrected chi connectivity index (χ2v) is 7.23. The zero-order chi connectivity index (χ0) is 21.6. The molecule has 3 aromatic carbocycles. The second-order valence-electron chi connectivity index (χ2n) is 7.23. The fourth-order valence-electron chi connectivity index (χ4n) is 3.53. The van der Waals surface area contributed by atoms with Gasteiger partial charge in [-0.25, -0.2) is 4.79 Å². The van der Waals surface area contributed by atoms with Crippen molar-refractivity contribution in [3.05, 3.63) is 96.1 Å². The molecule has 1 unspecified atom stereocenters. The smallest absolute Gasteiger partial charge is 0.316 e. The number of rotatable bonds is 6. The van der Waals surface area contributed by atoms with Crippen molar-refractivity contribution >= 4 is 29.0 Å². The molecule has 4 rings (SSSR count). The van der Waals surface area contributed by atoms with E-state index in [1.165, 1.54) is 0 Å². The molecule has 0 bridgehead atoms. The van der Waals surface area contributed by atoms with E-state index in [0.29, 0.717) is 24.4 Å². The predicted octanol–water partition coefficient (Wildman–Crippen LogP) is 3.80. The van der Waals surface area contributed by atoms with Gasteiger partial charge in [0.1, 0.15) is 5.71 Å². The number of nitrogens with two attached hydrogens (primary N) is 1. The maximum Gasteiger partial charge on any atom is 0.316 e. The van der Waals surface area contributed by atoms with E-state index in [1.54, 1.807) is 12.1 Å². The van der Waals surface area contributed by atoms with Crippen LogP contribution in [0, 0.1) is 0 Å². The van der Waals surface area contributed by atoms with E-state index in [0.717, 1.165) is 16.8 Å². The van der Waals surface area contributed by atoms with Crippen LogP contribution in [0.3, 0.4) is 0 Å². The van der Waals surface area contributed by atoms with Crippen molar-refractivity contribution < 1.29 is 9.59 Å². The molecule has 31 heavy (non-hydrogen) atoms. The number of hydrogen-bond acceptors (Lipinski definition) is 4. The number of hydrazone groups is 1. The van der Waals surface area contributed by atoms with Gasteiger partial charge < -0.3 is 16.4 Å². The van der Waals surface area contributed by atoms with Crippen LogP contribution < -0.4 is 21.4 Å². The van der Waals surface area contributed by atoms with Gasteiger partial charge in [0.05, 0.1) is 11.7 Å². The maximum atomic E-state index is 12.8. The summed E-state index contributed by atoms with van der Waals surface area (Å²) in [6.45, 7) is 0.357. The van der Waals surface area contributed by atoms with E-state index >= 15 is 0 Å². The highest BCUT2D eigenvalue weighted by Crippen LogP contribution is 2.35. The van der Waals surface area contributed by atoms with Crippen LogP contribution in [0.1, 0.15) is 23.6 Å². The van der Waals surface area contributed by atoms with Crippen molar-refractivity contribution in [3.63, 3.8) is 0 Å². The number of benzene rings is 3. The van der Waals surface area contributed by atoms with Gasteiger partial charge in [0, 0.05) is 18.7 Å². The van der Waals surface area contributed by atoms with Gasteiger partial charge in [-0.2, -0.15) is 5.10 Å². The molecule has 1 atom stereocenters. The van der Waals surface area contributed by atoms with Crippen molar-refractivity contribution in [3.8, 4) is 0 Å². The Morgan fingerprint density at radius 2 is 1.58 bits per heavy atom. The van der Waals surface area contributed by atoms with Crippen LogP contribution in [0.5, 0.6) is 0 Å². The van der Waals surface area contributed by atoms with Crippen LogP contribution in [0.2, 0.25) is 0 Å². The van der Waals surface area contributed by atoms with Gasteiger partial charge in [-0.1, -0.05) is 60.7 Å². The Morgan fingerprint density at radius 3 is 2.23 bits per heavy atom. The number of nitrogens with one attached hydrogen (secondary N) is 2. The lowest BCUT2D eigenvalue weighted by Crippen LogP contribution is -2.29. The number of anilines is 2. The summed E-state index contributed by atoms with van der Waals surface area (Å²) in [4.78, 5) is 23.8. The number of urea groups is 1. The quantitative estimate of drug-likeness (QED) is 0.573. The van der Waals surface area contributed by atoms with E-state index in [4.69, 9.17) is 5.73 Å². The number of carbonyl (C=O) groups excluding carboxylic acids is 2. The summed E-state index contributed by atoms with van der Waals surface area (Å²) in [5.41, 5.74) is 9.16. The molecule has 3 aromatic rings. The molecule has 0 aromatic heterocycles. The third-order valence-corrected chi connectivity index (χ3v) is 5.05. The van der Waals surface area contributed by atoms with E-state index in [9.17, 15) is 9.59 Å². The molecule has 7 nitrogen and oxygen atoms in total. The molecular formula is C24H23N5O2. The van der Waals surface area contributed by atoms with Gasteiger partial charge in [0.15, 0.2) is 0 Å². The van der Waals surface area contributed by atoms with Crippen molar-refractivity contribution in [2.24, 2.45) is 10.8 Å². The molecule has 3 amide bonds. The van der Waals surface area contributed by atoms with Crippen LogP contribution in [-0.2, 0) is 11.3 Å². The minimum Gasteiger partial charge on any atom is -0.351 e. The molecule has 1 aliphatic heterocycles. The lowest BCUT2D eigenvalue weighted by molar-refractivity contribution is -0.115. The van der Waals surface area contributed by atoms with Gasteiger partial charge >= 0.3 is 6.03 Å². The topological polar surface area (TPSA) is 99.8 Å². The van der Waals surface area contributed by atoms with E-state index in [2.05, 4.69) is 27.9 Å². The number of primary amides is 1. The van der Waals surface area contributed by atoms with Crippen LogP contribution in [0.15, 0.2) is 90.0 Å². The molecule has 0 saturated carbocycles. The van der Waals surface area contributed by atoms with E-state index < -0.39 is 6.03 Å². The van der Waals surface area contributed by atoms with E-state index in [-0.39, 0.29) is 11.9 Å². The molecule has 0 saturated heterocycles. The van der Waals surface area contributed by atoms with Gasteiger partial charge in [-0.15, -0.1) is 0 Å². The Balaban J connectivity index is 1.46. The van der Waals surface area contributed by atoms with Gasteiger partial charge in [0.25, 0.3) is 5.91 Å². The van der Waals surface area contributed by atoms with Crippen LogP contribution in [0.4, 0.5) is 16.2 Å². The van der Waals surface area contributed by atoms with Crippen molar-refractivity contribution in [1.82, 2.24) is 5.32 Å². The summed E-state index contributed by atoms with van der Waals surface area (Å²) in [5, 5.41) is 12.0. The second kappa shape index (κ2) is 9.13. The van der Waals surface area contributed by atoms with Gasteiger partial charge in [-0.05, 0) is 35.4 Å². The lowest BCUT2D eigenvalue weighted by atomic mass is 10.0. The number of nitrogens with zero attached hydrogens (tertiary/aromatic N) is 2. The highest BCUT2D eigenvalue weighted by Gasteiger charge is 2.32. The first-order valence-electron chi connectivity index (χ1n) is 10.0. The Labute approximate surface area is 180 Å². The largest absolute Gasteiger partial charge is 0.351 e. The Bertz CT molecular complexity index is 1080. The standard InChI is InChI=1S/C24H23N5O2/c25-24(31)27-19-13-11-17(12-14-19)16-26-23(30)21-15-22(18-7-3-1-4-8-18)29(28-21)20-9-5-2-6-10-20/h1-14,22H,15-16H2,(H,26,30)(H3,25,27,31). The molecule has 0 spiro atoms. The average Bonchev–Trinajstić information content (AvgIpc) is 3.25. The molecule has 4 N–H and O–H groups in total. The molecule has 7 heteroatoms. The first-order valence-corrected chi connectivity index (χ1v) is 10.0. The van der Waals surface area contributed by atoms with Crippen molar-refractivity contribution in [2.45, 2.75) is 19.0 Å². The first kappa shape index (κ1) is 20.2. The lowest BCUT2D eigenvalue weighted by Gasteiger charge is -2.23. The van der Waals surface area contributed by atoms with E-state index in [1.807, 2.05) is 65.7 Å². The maximum absolute atomic E-state index is 12.8. The zero-order valence-electron chi connectivity index (χ0n) is 16.9. The molecule has 0 radical (unpaired) electrons. The van der Waals surface area contributed by atoms with Crippen LogP contribution >= 0.6 is 0 Å². The Morgan fingerprint density at radius 1 is 0.935 bits per heavy atom. The Kier molecular flexibility index (Phi) is 5.93. The number of hydrogen-bond donors (Lipinski definition) is 3. The number of para-hydroxylation sites is 1. The molecular weight excluding hydrogens is 390 g/mol. The monoisotopic (exact) mass is 413 g/mol. The molecule has 156 valence electrons. The molecule has 0 fully saturated rings. The summed E-state index contributed by atoms with van der Waals surface area (Å²) in [6, 6.07) is 26.4. The minimum absolute atomic E-state index is 0.0384. The van der Waals surface area contributed by atoms with Gasteiger partial charge in [0.2, 0.25) is 0 Å². The fourth-order valence-corrected chi connectivity index (χ4v) is 3.53. The highest BCUT2D eigenvalue weighted by molar-refractivity contribution is 6.39. The molecule has 0 aliphatic carbocycles.